The number of piperidine rings is 1. The van der Waals surface area contributed by atoms with E-state index in [4.69, 9.17) is 4.74 Å². The van der Waals surface area contributed by atoms with E-state index in [0.29, 0.717) is 26.0 Å². The Morgan fingerprint density at radius 3 is 2.56 bits per heavy atom. The fourth-order valence-electron chi connectivity index (χ4n) is 3.34. The number of carbonyl (C=O) groups is 2. The molecular formula is C21H31NO3. The third-order valence-corrected chi connectivity index (χ3v) is 4.93. The molecule has 1 unspecified atom stereocenters. The van der Waals surface area contributed by atoms with Gasteiger partial charge >= 0.3 is 5.97 Å². The molecule has 0 saturated carbocycles. The Morgan fingerprint density at radius 2 is 1.96 bits per heavy atom. The van der Waals surface area contributed by atoms with Crippen LogP contribution in [0.15, 0.2) is 18.2 Å². The molecule has 4 nitrogen and oxygen atoms in total. The zero-order chi connectivity index (χ0) is 18.6. The molecule has 1 aromatic rings. The van der Waals surface area contributed by atoms with E-state index < -0.39 is 6.04 Å². The molecule has 0 spiro atoms. The average Bonchev–Trinajstić information content (AvgIpc) is 2.56. The van der Waals surface area contributed by atoms with Crippen LogP contribution >= 0.6 is 0 Å². The molecule has 4 heteroatoms. The largest absolute Gasteiger partial charge is 0.464 e. The Morgan fingerprint density at radius 1 is 1.24 bits per heavy atom. The van der Waals surface area contributed by atoms with E-state index in [1.54, 1.807) is 11.8 Å². The summed E-state index contributed by atoms with van der Waals surface area (Å²) in [5, 5.41) is 0. The molecule has 1 aromatic carbocycles. The van der Waals surface area contributed by atoms with Crippen LogP contribution in [0, 0.1) is 6.92 Å². The van der Waals surface area contributed by atoms with Crippen LogP contribution in [0.25, 0.3) is 0 Å². The van der Waals surface area contributed by atoms with E-state index in [2.05, 4.69) is 45.9 Å². The molecule has 2 rings (SSSR count). The summed E-state index contributed by atoms with van der Waals surface area (Å²) in [6.07, 6.45) is 2.95. The smallest absolute Gasteiger partial charge is 0.328 e. The number of hydrogen-bond donors (Lipinski definition) is 0. The van der Waals surface area contributed by atoms with Gasteiger partial charge in [-0.1, -0.05) is 39.0 Å². The van der Waals surface area contributed by atoms with Gasteiger partial charge in [0.25, 0.3) is 0 Å². The summed E-state index contributed by atoms with van der Waals surface area (Å²) < 4.78 is 5.16. The Kier molecular flexibility index (Phi) is 6.26. The number of nitrogens with zero attached hydrogens (tertiary/aromatic N) is 1. The number of hydrogen-bond acceptors (Lipinski definition) is 3. The lowest BCUT2D eigenvalue weighted by atomic mass is 9.85. The quantitative estimate of drug-likeness (QED) is 0.780. The third-order valence-electron chi connectivity index (χ3n) is 4.93. The summed E-state index contributed by atoms with van der Waals surface area (Å²) in [5.74, 6) is -0.250. The first-order valence-corrected chi connectivity index (χ1v) is 9.30. The summed E-state index contributed by atoms with van der Waals surface area (Å²) in [6, 6.07) is 5.91. The maximum atomic E-state index is 12.8. The van der Waals surface area contributed by atoms with Crippen LogP contribution < -0.4 is 0 Å². The number of benzene rings is 1. The Balaban J connectivity index is 2.13. The van der Waals surface area contributed by atoms with Gasteiger partial charge < -0.3 is 9.64 Å². The highest BCUT2D eigenvalue weighted by Crippen LogP contribution is 2.25. The third kappa shape index (κ3) is 4.83. The van der Waals surface area contributed by atoms with Crippen molar-refractivity contribution in [1.82, 2.24) is 4.90 Å². The standard InChI is InChI=1S/C21H31NO3/c1-6-25-20(24)18-9-7-8-12-22(18)19(23)14-16-10-11-17(13-15(16)2)21(3,4)5/h10-11,13,18H,6-9,12,14H2,1-5H3. The first-order valence-electron chi connectivity index (χ1n) is 9.30. The maximum absolute atomic E-state index is 12.8. The van der Waals surface area contributed by atoms with Gasteiger partial charge in [-0.05, 0) is 55.2 Å². The SMILES string of the molecule is CCOC(=O)C1CCCCN1C(=O)Cc1ccc(C(C)(C)C)cc1C. The van der Waals surface area contributed by atoms with Crippen molar-refractivity contribution in [2.24, 2.45) is 0 Å². The summed E-state index contributed by atoms with van der Waals surface area (Å²) in [7, 11) is 0. The van der Waals surface area contributed by atoms with Crippen LogP contribution in [0.5, 0.6) is 0 Å². The second kappa shape index (κ2) is 8.03. The zero-order valence-electron chi connectivity index (χ0n) is 16.2. The molecule has 1 atom stereocenters. The lowest BCUT2D eigenvalue weighted by molar-refractivity contribution is -0.156. The van der Waals surface area contributed by atoms with Gasteiger partial charge in [0.15, 0.2) is 0 Å². The Labute approximate surface area is 151 Å². The van der Waals surface area contributed by atoms with Crippen molar-refractivity contribution in [3.8, 4) is 0 Å². The van der Waals surface area contributed by atoms with Gasteiger partial charge in [0.2, 0.25) is 5.91 Å². The van der Waals surface area contributed by atoms with E-state index in [9.17, 15) is 9.59 Å². The normalized spacial score (nSPS) is 18.1. The minimum absolute atomic E-state index is 0.0179. The van der Waals surface area contributed by atoms with E-state index >= 15 is 0 Å². The van der Waals surface area contributed by atoms with Crippen LogP contribution in [-0.4, -0.2) is 36.0 Å². The van der Waals surface area contributed by atoms with Gasteiger partial charge in [0, 0.05) is 6.54 Å². The first kappa shape index (κ1) is 19.5. The van der Waals surface area contributed by atoms with Gasteiger partial charge in [-0.3, -0.25) is 4.79 Å². The molecule has 0 aliphatic carbocycles. The van der Waals surface area contributed by atoms with E-state index in [-0.39, 0.29) is 17.3 Å². The van der Waals surface area contributed by atoms with E-state index in [1.807, 2.05) is 0 Å². The summed E-state index contributed by atoms with van der Waals surface area (Å²) in [5.41, 5.74) is 3.52. The summed E-state index contributed by atoms with van der Waals surface area (Å²) in [4.78, 5) is 26.7. The maximum Gasteiger partial charge on any atom is 0.328 e. The zero-order valence-corrected chi connectivity index (χ0v) is 16.2. The van der Waals surface area contributed by atoms with E-state index in [0.717, 1.165) is 24.0 Å². The second-order valence-corrected chi connectivity index (χ2v) is 7.92. The predicted molar refractivity (Wildman–Crippen MR) is 99.6 cm³/mol. The topological polar surface area (TPSA) is 46.6 Å². The monoisotopic (exact) mass is 345 g/mol. The van der Waals surface area contributed by atoms with Crippen molar-refractivity contribution in [3.05, 3.63) is 34.9 Å². The van der Waals surface area contributed by atoms with Crippen molar-refractivity contribution in [2.75, 3.05) is 13.2 Å². The number of likely N-dealkylation sites (tertiary alicyclic amines) is 1. The summed E-state index contributed by atoms with van der Waals surface area (Å²) >= 11 is 0. The molecule has 0 radical (unpaired) electrons. The van der Waals surface area contributed by atoms with Crippen LogP contribution in [0.2, 0.25) is 0 Å². The van der Waals surface area contributed by atoms with Crippen molar-refractivity contribution in [3.63, 3.8) is 0 Å². The molecular weight excluding hydrogens is 314 g/mol. The van der Waals surface area contributed by atoms with Crippen LogP contribution in [0.1, 0.15) is 63.6 Å². The number of carbonyl (C=O) groups excluding carboxylic acids is 2. The van der Waals surface area contributed by atoms with Gasteiger partial charge in [-0.2, -0.15) is 0 Å². The van der Waals surface area contributed by atoms with Crippen molar-refractivity contribution in [2.45, 2.75) is 71.8 Å². The van der Waals surface area contributed by atoms with Crippen molar-refractivity contribution >= 4 is 11.9 Å². The number of esters is 1. The lowest BCUT2D eigenvalue weighted by Gasteiger charge is -2.34. The predicted octanol–water partition coefficient (Wildman–Crippen LogP) is 3.78. The first-order chi connectivity index (χ1) is 11.7. The lowest BCUT2D eigenvalue weighted by Crippen LogP contribution is -2.49. The number of ether oxygens (including phenoxy) is 1. The van der Waals surface area contributed by atoms with Crippen LogP contribution in [0.4, 0.5) is 0 Å². The van der Waals surface area contributed by atoms with Gasteiger partial charge in [0.1, 0.15) is 6.04 Å². The highest BCUT2D eigenvalue weighted by Gasteiger charge is 2.33. The molecule has 0 aromatic heterocycles. The highest BCUT2D eigenvalue weighted by molar-refractivity contribution is 5.86. The van der Waals surface area contributed by atoms with Crippen LogP contribution in [0.3, 0.4) is 0 Å². The fraction of sp³-hybridized carbons (Fsp3) is 0.619. The molecule has 1 fully saturated rings. The number of rotatable bonds is 4. The molecule has 1 aliphatic heterocycles. The molecule has 25 heavy (non-hydrogen) atoms. The number of aryl methyl sites for hydroxylation is 1. The Bertz CT molecular complexity index is 631. The molecule has 0 N–H and O–H groups in total. The molecule has 1 heterocycles. The minimum atomic E-state index is -0.421. The fourth-order valence-corrected chi connectivity index (χ4v) is 3.34. The molecule has 1 aliphatic rings. The van der Waals surface area contributed by atoms with Gasteiger partial charge in [-0.25, -0.2) is 4.79 Å². The summed E-state index contributed by atoms with van der Waals surface area (Å²) in [6.45, 7) is 11.4. The molecule has 0 bridgehead atoms. The average molecular weight is 345 g/mol. The molecule has 138 valence electrons. The van der Waals surface area contributed by atoms with Gasteiger partial charge in [0.05, 0.1) is 13.0 Å². The Hall–Kier alpha value is -1.84. The second-order valence-electron chi connectivity index (χ2n) is 7.92. The van der Waals surface area contributed by atoms with Crippen molar-refractivity contribution in [1.29, 1.82) is 0 Å². The molecule has 1 saturated heterocycles. The van der Waals surface area contributed by atoms with Crippen LogP contribution in [-0.2, 0) is 26.2 Å². The minimum Gasteiger partial charge on any atom is -0.464 e. The highest BCUT2D eigenvalue weighted by atomic mass is 16.5. The molecule has 1 amide bonds. The number of amides is 1. The van der Waals surface area contributed by atoms with Gasteiger partial charge in [-0.15, -0.1) is 0 Å². The van der Waals surface area contributed by atoms with E-state index in [1.165, 1.54) is 5.56 Å². The van der Waals surface area contributed by atoms with Crippen molar-refractivity contribution < 1.29 is 14.3 Å².